The average Bonchev–Trinajstić information content (AvgIpc) is 2.56. The molecule has 2 saturated heterocycles. The van der Waals surface area contributed by atoms with Gasteiger partial charge in [0.2, 0.25) is 0 Å². The van der Waals surface area contributed by atoms with Crippen molar-refractivity contribution in [3.05, 3.63) is 35.9 Å². The lowest BCUT2D eigenvalue weighted by Gasteiger charge is -2.45. The molecule has 2 aliphatic rings. The standard InChI is InChI=1S/C18H28N2S/c1-2-17-13-19-16(12-15-6-4-3-5-7-15)14-20(17)18-8-10-21-11-9-18/h3-7,16-19H,2,8-14H2,1H3. The molecule has 1 aromatic rings. The van der Waals surface area contributed by atoms with Crippen molar-refractivity contribution in [1.29, 1.82) is 0 Å². The molecule has 2 atom stereocenters. The molecule has 2 heterocycles. The second kappa shape index (κ2) is 7.66. The molecule has 0 amide bonds. The first-order valence-electron chi connectivity index (χ1n) is 8.47. The zero-order valence-corrected chi connectivity index (χ0v) is 13.9. The van der Waals surface area contributed by atoms with Crippen LogP contribution in [0.15, 0.2) is 30.3 Å². The van der Waals surface area contributed by atoms with E-state index in [1.54, 1.807) is 0 Å². The molecule has 2 unspecified atom stereocenters. The molecule has 1 N–H and O–H groups in total. The SMILES string of the molecule is CCC1CNC(Cc2ccccc2)CN1C1CCSCC1. The summed E-state index contributed by atoms with van der Waals surface area (Å²) in [6.07, 6.45) is 5.21. The van der Waals surface area contributed by atoms with Crippen LogP contribution in [0.5, 0.6) is 0 Å². The third kappa shape index (κ3) is 4.02. The average molecular weight is 305 g/mol. The van der Waals surface area contributed by atoms with Gasteiger partial charge in [0.1, 0.15) is 0 Å². The van der Waals surface area contributed by atoms with Crippen molar-refractivity contribution < 1.29 is 0 Å². The predicted molar refractivity (Wildman–Crippen MR) is 93.1 cm³/mol. The molecule has 0 spiro atoms. The highest BCUT2D eigenvalue weighted by Gasteiger charge is 2.32. The first kappa shape index (κ1) is 15.4. The summed E-state index contributed by atoms with van der Waals surface area (Å²) in [5.74, 6) is 2.71. The van der Waals surface area contributed by atoms with Gasteiger partial charge in [-0.2, -0.15) is 11.8 Å². The van der Waals surface area contributed by atoms with Crippen molar-refractivity contribution in [2.24, 2.45) is 0 Å². The molecule has 0 aromatic heterocycles. The predicted octanol–water partition coefficient (Wildman–Crippen LogP) is 3.18. The van der Waals surface area contributed by atoms with Crippen LogP contribution in [0.4, 0.5) is 0 Å². The van der Waals surface area contributed by atoms with Crippen LogP contribution in [0, 0.1) is 0 Å². The Kier molecular flexibility index (Phi) is 5.61. The highest BCUT2D eigenvalue weighted by molar-refractivity contribution is 7.99. The minimum Gasteiger partial charge on any atom is -0.311 e. The highest BCUT2D eigenvalue weighted by atomic mass is 32.2. The summed E-state index contributed by atoms with van der Waals surface area (Å²) >= 11 is 2.13. The van der Waals surface area contributed by atoms with Crippen molar-refractivity contribution in [3.8, 4) is 0 Å². The molecule has 1 aromatic carbocycles. The number of rotatable bonds is 4. The first-order chi connectivity index (χ1) is 10.4. The van der Waals surface area contributed by atoms with E-state index in [0.717, 1.165) is 25.0 Å². The first-order valence-corrected chi connectivity index (χ1v) is 9.63. The quantitative estimate of drug-likeness (QED) is 0.920. The summed E-state index contributed by atoms with van der Waals surface area (Å²) < 4.78 is 0. The molecule has 2 fully saturated rings. The Morgan fingerprint density at radius 2 is 1.95 bits per heavy atom. The Bertz CT molecular complexity index is 416. The van der Waals surface area contributed by atoms with Crippen molar-refractivity contribution in [1.82, 2.24) is 10.2 Å². The third-order valence-electron chi connectivity index (χ3n) is 5.00. The monoisotopic (exact) mass is 304 g/mol. The molecule has 0 aliphatic carbocycles. The van der Waals surface area contributed by atoms with Crippen LogP contribution in [0.3, 0.4) is 0 Å². The van der Waals surface area contributed by atoms with Gasteiger partial charge in [0.05, 0.1) is 0 Å². The number of piperazine rings is 1. The summed E-state index contributed by atoms with van der Waals surface area (Å²) in [7, 11) is 0. The summed E-state index contributed by atoms with van der Waals surface area (Å²) in [4.78, 5) is 2.84. The molecule has 3 rings (SSSR count). The minimum absolute atomic E-state index is 0.616. The molecular formula is C18H28N2S. The molecule has 0 radical (unpaired) electrons. The molecule has 116 valence electrons. The summed E-state index contributed by atoms with van der Waals surface area (Å²) in [5.41, 5.74) is 1.46. The van der Waals surface area contributed by atoms with Crippen LogP contribution >= 0.6 is 11.8 Å². The van der Waals surface area contributed by atoms with Gasteiger partial charge >= 0.3 is 0 Å². The van der Waals surface area contributed by atoms with Crippen molar-refractivity contribution >= 4 is 11.8 Å². The molecule has 2 aliphatic heterocycles. The Morgan fingerprint density at radius 3 is 2.67 bits per heavy atom. The van der Waals surface area contributed by atoms with E-state index in [1.165, 1.54) is 42.9 Å². The fourth-order valence-electron chi connectivity index (χ4n) is 3.77. The van der Waals surface area contributed by atoms with Gasteiger partial charge in [-0.1, -0.05) is 37.3 Å². The second-order valence-electron chi connectivity index (χ2n) is 6.40. The number of hydrogen-bond donors (Lipinski definition) is 1. The van der Waals surface area contributed by atoms with E-state index in [0.29, 0.717) is 6.04 Å². The topological polar surface area (TPSA) is 15.3 Å². The van der Waals surface area contributed by atoms with Crippen molar-refractivity contribution in [2.45, 2.75) is 50.7 Å². The van der Waals surface area contributed by atoms with Crippen molar-refractivity contribution in [2.75, 3.05) is 24.6 Å². The molecule has 21 heavy (non-hydrogen) atoms. The van der Waals surface area contributed by atoms with E-state index in [2.05, 4.69) is 59.2 Å². The van der Waals surface area contributed by atoms with Gasteiger partial charge in [0.25, 0.3) is 0 Å². The Labute approximate surface area is 133 Å². The van der Waals surface area contributed by atoms with E-state index >= 15 is 0 Å². The Balaban J connectivity index is 1.63. The number of nitrogens with zero attached hydrogens (tertiary/aromatic N) is 1. The van der Waals surface area contributed by atoms with E-state index in [4.69, 9.17) is 0 Å². The van der Waals surface area contributed by atoms with Crippen molar-refractivity contribution in [3.63, 3.8) is 0 Å². The van der Waals surface area contributed by atoms with E-state index in [9.17, 15) is 0 Å². The normalized spacial score (nSPS) is 28.6. The van der Waals surface area contributed by atoms with Gasteiger partial charge in [-0.15, -0.1) is 0 Å². The van der Waals surface area contributed by atoms with Crippen LogP contribution in [0.2, 0.25) is 0 Å². The van der Waals surface area contributed by atoms with E-state index < -0.39 is 0 Å². The maximum Gasteiger partial charge on any atom is 0.0236 e. The number of thioether (sulfide) groups is 1. The van der Waals surface area contributed by atoms with Crippen LogP contribution in [-0.4, -0.2) is 47.6 Å². The second-order valence-corrected chi connectivity index (χ2v) is 7.62. The maximum atomic E-state index is 3.79. The highest BCUT2D eigenvalue weighted by Crippen LogP contribution is 2.26. The minimum atomic E-state index is 0.616. The van der Waals surface area contributed by atoms with Gasteiger partial charge in [-0.05, 0) is 42.8 Å². The Morgan fingerprint density at radius 1 is 1.19 bits per heavy atom. The molecule has 3 heteroatoms. The van der Waals surface area contributed by atoms with Crippen LogP contribution in [0.25, 0.3) is 0 Å². The van der Waals surface area contributed by atoms with E-state index in [1.807, 2.05) is 0 Å². The summed E-state index contributed by atoms with van der Waals surface area (Å²) in [5, 5.41) is 3.79. The summed E-state index contributed by atoms with van der Waals surface area (Å²) in [6, 6.07) is 13.1. The van der Waals surface area contributed by atoms with Crippen LogP contribution in [-0.2, 0) is 6.42 Å². The lowest BCUT2D eigenvalue weighted by Crippen LogP contribution is -2.60. The van der Waals surface area contributed by atoms with Gasteiger partial charge in [-0.25, -0.2) is 0 Å². The molecule has 0 bridgehead atoms. The smallest absolute Gasteiger partial charge is 0.0236 e. The van der Waals surface area contributed by atoms with Gasteiger partial charge in [-0.3, -0.25) is 4.90 Å². The van der Waals surface area contributed by atoms with Gasteiger partial charge in [0.15, 0.2) is 0 Å². The fraction of sp³-hybridized carbons (Fsp3) is 0.667. The molecular weight excluding hydrogens is 276 g/mol. The van der Waals surface area contributed by atoms with Gasteiger partial charge < -0.3 is 5.32 Å². The molecule has 0 saturated carbocycles. The summed E-state index contributed by atoms with van der Waals surface area (Å²) in [6.45, 7) is 4.73. The van der Waals surface area contributed by atoms with Crippen LogP contribution in [0.1, 0.15) is 31.7 Å². The zero-order chi connectivity index (χ0) is 14.5. The fourth-order valence-corrected chi connectivity index (χ4v) is 4.85. The van der Waals surface area contributed by atoms with E-state index in [-0.39, 0.29) is 0 Å². The maximum absolute atomic E-state index is 3.79. The lowest BCUT2D eigenvalue weighted by atomic mass is 9.97. The molecule has 2 nitrogen and oxygen atoms in total. The van der Waals surface area contributed by atoms with Crippen LogP contribution < -0.4 is 5.32 Å². The lowest BCUT2D eigenvalue weighted by molar-refractivity contribution is 0.0740. The Hall–Kier alpha value is -0.510. The zero-order valence-electron chi connectivity index (χ0n) is 13.1. The van der Waals surface area contributed by atoms with Gasteiger partial charge in [0, 0.05) is 31.2 Å². The third-order valence-corrected chi connectivity index (χ3v) is 6.05. The largest absolute Gasteiger partial charge is 0.311 e. The number of benzene rings is 1. The number of hydrogen-bond acceptors (Lipinski definition) is 3. The number of nitrogens with one attached hydrogen (secondary N) is 1.